The Morgan fingerprint density at radius 2 is 2.47 bits per heavy atom. The summed E-state index contributed by atoms with van der Waals surface area (Å²) in [5, 5.41) is 10.2. The van der Waals surface area contributed by atoms with E-state index in [4.69, 9.17) is 10.00 Å². The number of carbonyl (C=O) groups is 1. The number of methoxy groups -OCH3 is 1. The van der Waals surface area contributed by atoms with Crippen molar-refractivity contribution in [3.05, 3.63) is 16.3 Å². The summed E-state index contributed by atoms with van der Waals surface area (Å²) < 4.78 is 4.99. The third kappa shape index (κ3) is 2.96. The van der Waals surface area contributed by atoms with Crippen LogP contribution in [0.4, 0.5) is 0 Å². The Kier molecular flexibility index (Phi) is 4.13. The molecule has 0 bridgehead atoms. The van der Waals surface area contributed by atoms with Gasteiger partial charge in [0.15, 0.2) is 0 Å². The van der Waals surface area contributed by atoms with Gasteiger partial charge in [-0.1, -0.05) is 0 Å². The minimum absolute atomic E-state index is 0.0708. The number of thiophene rings is 1. The van der Waals surface area contributed by atoms with E-state index in [1.54, 1.807) is 25.6 Å². The van der Waals surface area contributed by atoms with Crippen molar-refractivity contribution in [3.8, 4) is 11.8 Å². The predicted octanol–water partition coefficient (Wildman–Crippen LogP) is 1.74. The maximum atomic E-state index is 11.8. The number of amides is 1. The second-order valence-electron chi connectivity index (χ2n) is 2.99. The van der Waals surface area contributed by atoms with Crippen LogP contribution in [0.5, 0.6) is 5.75 Å². The number of hydrogen-bond acceptors (Lipinski definition) is 4. The van der Waals surface area contributed by atoms with E-state index in [1.165, 1.54) is 16.2 Å². The lowest BCUT2D eigenvalue weighted by Crippen LogP contribution is -2.26. The Morgan fingerprint density at radius 1 is 1.73 bits per heavy atom. The second-order valence-corrected chi connectivity index (χ2v) is 3.90. The van der Waals surface area contributed by atoms with E-state index < -0.39 is 0 Å². The highest BCUT2D eigenvalue weighted by atomic mass is 32.1. The van der Waals surface area contributed by atoms with Crippen LogP contribution in [0.25, 0.3) is 0 Å². The first-order valence-corrected chi connectivity index (χ1v) is 5.32. The lowest BCUT2D eigenvalue weighted by atomic mass is 10.3. The first-order valence-electron chi connectivity index (χ1n) is 4.44. The van der Waals surface area contributed by atoms with E-state index in [1.807, 2.05) is 6.07 Å². The van der Waals surface area contributed by atoms with E-state index in [2.05, 4.69) is 0 Å². The van der Waals surface area contributed by atoms with Crippen LogP contribution in [0.15, 0.2) is 11.4 Å². The Hall–Kier alpha value is -1.54. The van der Waals surface area contributed by atoms with Crippen LogP contribution in [0, 0.1) is 11.3 Å². The molecule has 80 valence electrons. The molecule has 0 saturated heterocycles. The van der Waals surface area contributed by atoms with Crippen LogP contribution in [0.3, 0.4) is 0 Å². The molecular weight excluding hydrogens is 212 g/mol. The SMILES string of the molecule is COc1csc(C(=O)N(C)CCC#N)c1. The Morgan fingerprint density at radius 3 is 3.00 bits per heavy atom. The Labute approximate surface area is 92.7 Å². The van der Waals surface area contributed by atoms with Gasteiger partial charge in [0, 0.05) is 25.0 Å². The molecule has 1 aromatic rings. The zero-order chi connectivity index (χ0) is 11.3. The van der Waals surface area contributed by atoms with E-state index >= 15 is 0 Å². The Bertz CT molecular complexity index is 381. The molecule has 1 amide bonds. The lowest BCUT2D eigenvalue weighted by molar-refractivity contribution is 0.0802. The van der Waals surface area contributed by atoms with Gasteiger partial charge in [-0.05, 0) is 0 Å². The third-order valence-corrected chi connectivity index (χ3v) is 2.82. The van der Waals surface area contributed by atoms with Gasteiger partial charge in [-0.3, -0.25) is 4.79 Å². The first-order chi connectivity index (χ1) is 7.19. The summed E-state index contributed by atoms with van der Waals surface area (Å²) in [6.07, 6.45) is 0.352. The summed E-state index contributed by atoms with van der Waals surface area (Å²) in [5.74, 6) is 0.621. The van der Waals surface area contributed by atoms with Gasteiger partial charge < -0.3 is 9.64 Å². The number of hydrogen-bond donors (Lipinski definition) is 0. The fourth-order valence-corrected chi connectivity index (χ4v) is 1.89. The molecule has 0 aliphatic rings. The molecule has 1 heterocycles. The standard InChI is InChI=1S/C10H12N2O2S/c1-12(5-3-4-11)10(13)9-6-8(14-2)7-15-9/h6-7H,3,5H2,1-2H3. The van der Waals surface area contributed by atoms with Crippen molar-refractivity contribution in [1.82, 2.24) is 4.90 Å². The molecule has 0 atom stereocenters. The third-order valence-electron chi connectivity index (χ3n) is 1.93. The fraction of sp³-hybridized carbons (Fsp3) is 0.400. The average Bonchev–Trinajstić information content (AvgIpc) is 2.73. The number of carbonyl (C=O) groups excluding carboxylic acids is 1. The molecule has 0 unspecified atom stereocenters. The van der Waals surface area contributed by atoms with Gasteiger partial charge in [0.05, 0.1) is 24.5 Å². The smallest absolute Gasteiger partial charge is 0.263 e. The van der Waals surface area contributed by atoms with Crippen molar-refractivity contribution < 1.29 is 9.53 Å². The van der Waals surface area contributed by atoms with Crippen molar-refractivity contribution in [2.45, 2.75) is 6.42 Å². The second kappa shape index (κ2) is 5.37. The van der Waals surface area contributed by atoms with Crippen molar-refractivity contribution in [1.29, 1.82) is 5.26 Å². The van der Waals surface area contributed by atoms with Gasteiger partial charge in [0.1, 0.15) is 5.75 Å². The van der Waals surface area contributed by atoms with Gasteiger partial charge >= 0.3 is 0 Å². The van der Waals surface area contributed by atoms with Gasteiger partial charge in [-0.2, -0.15) is 5.26 Å². The minimum atomic E-state index is -0.0708. The number of ether oxygens (including phenoxy) is 1. The summed E-state index contributed by atoms with van der Waals surface area (Å²) in [7, 11) is 3.25. The number of rotatable bonds is 4. The maximum absolute atomic E-state index is 11.8. The quantitative estimate of drug-likeness (QED) is 0.782. The van der Waals surface area contributed by atoms with Gasteiger partial charge in [0.2, 0.25) is 0 Å². The monoisotopic (exact) mass is 224 g/mol. The maximum Gasteiger partial charge on any atom is 0.263 e. The molecule has 0 radical (unpaired) electrons. The van der Waals surface area contributed by atoms with Crippen LogP contribution in [0.2, 0.25) is 0 Å². The summed E-state index contributed by atoms with van der Waals surface area (Å²) in [5.41, 5.74) is 0. The molecule has 4 nitrogen and oxygen atoms in total. The molecule has 15 heavy (non-hydrogen) atoms. The predicted molar refractivity (Wildman–Crippen MR) is 58.1 cm³/mol. The average molecular weight is 224 g/mol. The summed E-state index contributed by atoms with van der Waals surface area (Å²) in [4.78, 5) is 13.9. The minimum Gasteiger partial charge on any atom is -0.496 e. The highest BCUT2D eigenvalue weighted by molar-refractivity contribution is 7.12. The Balaban J connectivity index is 2.64. The summed E-state index contributed by atoms with van der Waals surface area (Å²) in [6.45, 7) is 0.454. The largest absolute Gasteiger partial charge is 0.496 e. The number of nitrogens with zero attached hydrogens (tertiary/aromatic N) is 2. The van der Waals surface area contributed by atoms with Gasteiger partial charge in [-0.25, -0.2) is 0 Å². The molecule has 5 heteroatoms. The molecule has 0 aromatic carbocycles. The molecule has 1 rings (SSSR count). The zero-order valence-electron chi connectivity index (χ0n) is 8.69. The molecule has 0 saturated carbocycles. The fourth-order valence-electron chi connectivity index (χ4n) is 1.05. The van der Waals surface area contributed by atoms with Crippen molar-refractivity contribution in [2.24, 2.45) is 0 Å². The van der Waals surface area contributed by atoms with Crippen LogP contribution in [0.1, 0.15) is 16.1 Å². The molecule has 0 N–H and O–H groups in total. The molecule has 1 aromatic heterocycles. The van der Waals surface area contributed by atoms with Gasteiger partial charge in [-0.15, -0.1) is 11.3 Å². The molecule has 0 aliphatic heterocycles. The van der Waals surface area contributed by atoms with Crippen LogP contribution < -0.4 is 4.74 Å². The van der Waals surface area contributed by atoms with E-state index in [0.29, 0.717) is 23.6 Å². The van der Waals surface area contributed by atoms with E-state index in [0.717, 1.165) is 0 Å². The van der Waals surface area contributed by atoms with Crippen molar-refractivity contribution in [2.75, 3.05) is 20.7 Å². The highest BCUT2D eigenvalue weighted by Gasteiger charge is 2.13. The van der Waals surface area contributed by atoms with Crippen LogP contribution in [-0.4, -0.2) is 31.5 Å². The molecule has 0 aliphatic carbocycles. The zero-order valence-corrected chi connectivity index (χ0v) is 9.50. The van der Waals surface area contributed by atoms with E-state index in [-0.39, 0.29) is 5.91 Å². The summed E-state index contributed by atoms with van der Waals surface area (Å²) in [6, 6.07) is 3.71. The molecule has 0 spiro atoms. The molecule has 0 fully saturated rings. The normalized spacial score (nSPS) is 9.40. The van der Waals surface area contributed by atoms with E-state index in [9.17, 15) is 4.79 Å². The van der Waals surface area contributed by atoms with Crippen molar-refractivity contribution in [3.63, 3.8) is 0 Å². The first kappa shape index (κ1) is 11.5. The van der Waals surface area contributed by atoms with Crippen LogP contribution >= 0.6 is 11.3 Å². The highest BCUT2D eigenvalue weighted by Crippen LogP contribution is 2.22. The topological polar surface area (TPSA) is 53.3 Å². The van der Waals surface area contributed by atoms with Gasteiger partial charge in [0.25, 0.3) is 5.91 Å². The van der Waals surface area contributed by atoms with Crippen molar-refractivity contribution >= 4 is 17.2 Å². The molecular formula is C10H12N2O2S. The number of nitriles is 1. The lowest BCUT2D eigenvalue weighted by Gasteiger charge is -2.13. The van der Waals surface area contributed by atoms with Crippen LogP contribution in [-0.2, 0) is 0 Å². The summed E-state index contributed by atoms with van der Waals surface area (Å²) >= 11 is 1.34.